The molecule has 7 heteroatoms. The lowest BCUT2D eigenvalue weighted by atomic mass is 10.2. The number of carbonyl (C=O) groups is 2. The Hall–Kier alpha value is -1.37. The predicted molar refractivity (Wildman–Crippen MR) is 92.6 cm³/mol. The summed E-state index contributed by atoms with van der Waals surface area (Å²) < 4.78 is 5.29. The van der Waals surface area contributed by atoms with E-state index >= 15 is 0 Å². The van der Waals surface area contributed by atoms with Crippen LogP contribution in [0.15, 0.2) is 29.2 Å². The van der Waals surface area contributed by atoms with Crippen molar-refractivity contribution in [1.82, 2.24) is 4.90 Å². The largest absolute Gasteiger partial charge is 0.466 e. The number of nitrogens with zero attached hydrogens (tertiary/aromatic N) is 1. The van der Waals surface area contributed by atoms with Crippen molar-refractivity contribution in [3.8, 4) is 0 Å². The quantitative estimate of drug-likeness (QED) is 0.459. The van der Waals surface area contributed by atoms with Crippen LogP contribution in [0, 0.1) is 0 Å². The SMILES string of the molecule is CCOC(=O)CCN1C(=O)/C(=C/c2ccccc2Cl)SC1=S. The zero-order valence-corrected chi connectivity index (χ0v) is 14.3. The van der Waals surface area contributed by atoms with Crippen molar-refractivity contribution in [1.29, 1.82) is 0 Å². The third-order valence-electron chi connectivity index (χ3n) is 2.91. The second-order valence-corrected chi connectivity index (χ2v) is 6.49. The zero-order chi connectivity index (χ0) is 16.1. The topological polar surface area (TPSA) is 46.6 Å². The number of ether oxygens (including phenoxy) is 1. The molecule has 1 aromatic rings. The van der Waals surface area contributed by atoms with E-state index in [0.29, 0.717) is 20.9 Å². The number of esters is 1. The molecule has 0 bridgehead atoms. The van der Waals surface area contributed by atoms with E-state index in [1.807, 2.05) is 18.2 Å². The summed E-state index contributed by atoms with van der Waals surface area (Å²) >= 11 is 12.5. The Balaban J connectivity index is 2.09. The smallest absolute Gasteiger partial charge is 0.307 e. The van der Waals surface area contributed by atoms with Gasteiger partial charge in [0.05, 0.1) is 17.9 Å². The molecule has 1 saturated heterocycles. The Morgan fingerprint density at radius 2 is 2.18 bits per heavy atom. The third-order valence-corrected chi connectivity index (χ3v) is 4.63. The van der Waals surface area contributed by atoms with Crippen LogP contribution in [0.4, 0.5) is 0 Å². The number of hydrogen-bond acceptors (Lipinski definition) is 5. The second-order valence-electron chi connectivity index (χ2n) is 4.41. The van der Waals surface area contributed by atoms with Gasteiger partial charge in [-0.05, 0) is 24.6 Å². The minimum Gasteiger partial charge on any atom is -0.466 e. The highest BCUT2D eigenvalue weighted by Gasteiger charge is 2.32. The maximum absolute atomic E-state index is 12.4. The van der Waals surface area contributed by atoms with E-state index < -0.39 is 0 Å². The van der Waals surface area contributed by atoms with Crippen molar-refractivity contribution in [3.05, 3.63) is 39.8 Å². The normalized spacial score (nSPS) is 16.5. The van der Waals surface area contributed by atoms with E-state index in [0.717, 1.165) is 5.56 Å². The van der Waals surface area contributed by atoms with Gasteiger partial charge in [0.25, 0.3) is 5.91 Å². The number of benzene rings is 1. The van der Waals surface area contributed by atoms with Crippen LogP contribution in [0.3, 0.4) is 0 Å². The van der Waals surface area contributed by atoms with Gasteiger partial charge < -0.3 is 4.74 Å². The molecular weight excluding hydrogens is 342 g/mol. The van der Waals surface area contributed by atoms with E-state index in [4.69, 9.17) is 28.6 Å². The molecule has 1 amide bonds. The number of halogens is 1. The number of thiocarbonyl (C=S) groups is 1. The number of amides is 1. The molecule has 0 aromatic heterocycles. The molecule has 0 spiro atoms. The molecule has 1 fully saturated rings. The van der Waals surface area contributed by atoms with Crippen LogP contribution in [0.5, 0.6) is 0 Å². The molecule has 1 aliphatic rings. The van der Waals surface area contributed by atoms with Gasteiger partial charge in [0.1, 0.15) is 4.32 Å². The van der Waals surface area contributed by atoms with Crippen LogP contribution in [-0.2, 0) is 14.3 Å². The summed E-state index contributed by atoms with van der Waals surface area (Å²) in [6, 6.07) is 7.26. The van der Waals surface area contributed by atoms with E-state index in [1.54, 1.807) is 19.1 Å². The number of carbonyl (C=O) groups excluding carboxylic acids is 2. The van der Waals surface area contributed by atoms with Crippen LogP contribution in [0.2, 0.25) is 5.02 Å². The van der Waals surface area contributed by atoms with Crippen LogP contribution in [-0.4, -0.2) is 34.2 Å². The van der Waals surface area contributed by atoms with Gasteiger partial charge in [-0.25, -0.2) is 0 Å². The Bertz CT molecular complexity index is 645. The average molecular weight is 356 g/mol. The fraction of sp³-hybridized carbons (Fsp3) is 0.267. The molecule has 0 unspecified atom stereocenters. The van der Waals surface area contributed by atoms with Gasteiger partial charge in [-0.1, -0.05) is 53.8 Å². The molecule has 1 aromatic carbocycles. The lowest BCUT2D eigenvalue weighted by Gasteiger charge is -2.13. The highest BCUT2D eigenvalue weighted by molar-refractivity contribution is 8.26. The molecule has 22 heavy (non-hydrogen) atoms. The summed E-state index contributed by atoms with van der Waals surface area (Å²) in [6.45, 7) is 2.29. The third kappa shape index (κ3) is 4.09. The van der Waals surface area contributed by atoms with Crippen molar-refractivity contribution in [2.45, 2.75) is 13.3 Å². The molecule has 0 radical (unpaired) electrons. The molecule has 0 atom stereocenters. The second kappa shape index (κ2) is 7.76. The molecule has 0 N–H and O–H groups in total. The first-order chi connectivity index (χ1) is 10.5. The molecule has 1 heterocycles. The van der Waals surface area contributed by atoms with Gasteiger partial charge in [-0.15, -0.1) is 0 Å². The monoisotopic (exact) mass is 355 g/mol. The highest BCUT2D eigenvalue weighted by atomic mass is 35.5. The van der Waals surface area contributed by atoms with E-state index in [1.165, 1.54) is 16.7 Å². The van der Waals surface area contributed by atoms with E-state index in [-0.39, 0.29) is 24.8 Å². The van der Waals surface area contributed by atoms with Gasteiger partial charge >= 0.3 is 5.97 Å². The van der Waals surface area contributed by atoms with Crippen molar-refractivity contribution < 1.29 is 14.3 Å². The summed E-state index contributed by atoms with van der Waals surface area (Å²) in [5, 5.41) is 0.569. The average Bonchev–Trinajstić information content (AvgIpc) is 2.74. The predicted octanol–water partition coefficient (Wildman–Crippen LogP) is 3.49. The van der Waals surface area contributed by atoms with Crippen molar-refractivity contribution >= 4 is 57.9 Å². The van der Waals surface area contributed by atoms with Gasteiger partial charge in [-0.3, -0.25) is 14.5 Å². The van der Waals surface area contributed by atoms with Crippen LogP contribution in [0.1, 0.15) is 18.9 Å². The van der Waals surface area contributed by atoms with Crippen molar-refractivity contribution in [3.63, 3.8) is 0 Å². The zero-order valence-electron chi connectivity index (χ0n) is 11.9. The van der Waals surface area contributed by atoms with Crippen LogP contribution >= 0.6 is 35.6 Å². The maximum Gasteiger partial charge on any atom is 0.307 e. The van der Waals surface area contributed by atoms with E-state index in [2.05, 4.69) is 0 Å². The van der Waals surface area contributed by atoms with Crippen molar-refractivity contribution in [2.75, 3.05) is 13.2 Å². The molecule has 0 saturated carbocycles. The highest BCUT2D eigenvalue weighted by Crippen LogP contribution is 2.33. The van der Waals surface area contributed by atoms with E-state index in [9.17, 15) is 9.59 Å². The fourth-order valence-corrected chi connectivity index (χ4v) is 3.35. The van der Waals surface area contributed by atoms with Gasteiger partial charge in [-0.2, -0.15) is 0 Å². The lowest BCUT2D eigenvalue weighted by Crippen LogP contribution is -2.30. The summed E-state index contributed by atoms with van der Waals surface area (Å²) in [5.74, 6) is -0.550. The minimum atomic E-state index is -0.341. The first kappa shape index (κ1) is 17.0. The van der Waals surface area contributed by atoms with Gasteiger partial charge in [0.2, 0.25) is 0 Å². The van der Waals surface area contributed by atoms with Gasteiger partial charge in [0.15, 0.2) is 0 Å². The number of rotatable bonds is 5. The molecule has 116 valence electrons. The van der Waals surface area contributed by atoms with Crippen LogP contribution in [0.25, 0.3) is 6.08 Å². The first-order valence-corrected chi connectivity index (χ1v) is 8.28. The summed E-state index contributed by atoms with van der Waals surface area (Å²) in [5.41, 5.74) is 0.759. The van der Waals surface area contributed by atoms with Crippen LogP contribution < -0.4 is 0 Å². The Labute approximate surface area is 143 Å². The Kier molecular flexibility index (Phi) is 5.99. The summed E-state index contributed by atoms with van der Waals surface area (Å²) in [6.07, 6.45) is 1.84. The lowest BCUT2D eigenvalue weighted by molar-refractivity contribution is -0.143. The number of thioether (sulfide) groups is 1. The fourth-order valence-electron chi connectivity index (χ4n) is 1.86. The molecule has 4 nitrogen and oxygen atoms in total. The van der Waals surface area contributed by atoms with Crippen molar-refractivity contribution in [2.24, 2.45) is 0 Å². The number of hydrogen-bond donors (Lipinski definition) is 0. The summed E-state index contributed by atoms with van der Waals surface area (Å²) in [4.78, 5) is 25.7. The standard InChI is InChI=1S/C15H14ClNO3S2/c1-2-20-13(18)7-8-17-14(19)12(22-15(17)21)9-10-5-3-4-6-11(10)16/h3-6,9H,2,7-8H2,1H3/b12-9-. The summed E-state index contributed by atoms with van der Waals surface area (Å²) in [7, 11) is 0. The Morgan fingerprint density at radius 1 is 1.45 bits per heavy atom. The molecular formula is C15H14ClNO3S2. The Morgan fingerprint density at radius 3 is 2.86 bits per heavy atom. The molecule has 0 aliphatic carbocycles. The molecule has 2 rings (SSSR count). The first-order valence-electron chi connectivity index (χ1n) is 6.68. The van der Waals surface area contributed by atoms with Gasteiger partial charge in [0, 0.05) is 11.6 Å². The maximum atomic E-state index is 12.4. The minimum absolute atomic E-state index is 0.125. The molecule has 1 aliphatic heterocycles.